The standard InChI is InChI=1S/C29H28F2N4O5/c30-29(31)20-34(28(37)38)14-13-24(29)33-15-16-35(26(36)17-33)23-11-12-25(39-18-21-7-3-1-4-8-21)32-27(23)40-19-22-9-5-2-6-10-22/h1-12H,13-20H2/b33-24+. The van der Waals surface area contributed by atoms with Crippen LogP contribution >= 0.6 is 0 Å². The quantitative estimate of drug-likeness (QED) is 0.420. The summed E-state index contributed by atoms with van der Waals surface area (Å²) in [7, 11) is 0. The monoisotopic (exact) mass is 550 g/mol. The van der Waals surface area contributed by atoms with E-state index in [1.165, 1.54) is 9.48 Å². The Morgan fingerprint density at radius 3 is 2.20 bits per heavy atom. The van der Waals surface area contributed by atoms with Gasteiger partial charge in [0.1, 0.15) is 25.0 Å². The number of anilines is 1. The Bertz CT molecular complexity index is 1400. The van der Waals surface area contributed by atoms with Crippen LogP contribution in [0.3, 0.4) is 0 Å². The molecule has 5 rings (SSSR count). The van der Waals surface area contributed by atoms with Crippen LogP contribution in [-0.4, -0.2) is 70.8 Å². The van der Waals surface area contributed by atoms with Gasteiger partial charge >= 0.3 is 5.92 Å². The Labute approximate surface area is 229 Å². The van der Waals surface area contributed by atoms with E-state index in [0.717, 1.165) is 11.1 Å². The SMILES string of the molecule is O=C([O-])N1CC/C(=[N+]2/CCN(c3ccc(OCc4ccccc4)nc3OCc3ccccc3)C(=O)C2)C(F)(F)C1. The molecule has 2 aromatic carbocycles. The normalized spacial score (nSPS) is 18.9. The van der Waals surface area contributed by atoms with Crippen molar-refractivity contribution in [3.63, 3.8) is 0 Å². The molecule has 9 nitrogen and oxygen atoms in total. The zero-order valence-electron chi connectivity index (χ0n) is 21.7. The molecule has 2 aliphatic heterocycles. The van der Waals surface area contributed by atoms with E-state index in [0.29, 0.717) is 23.1 Å². The highest BCUT2D eigenvalue weighted by Crippen LogP contribution is 2.32. The van der Waals surface area contributed by atoms with Crippen LogP contribution in [0, 0.1) is 0 Å². The topological polar surface area (TPSA) is 98.0 Å². The van der Waals surface area contributed by atoms with Crippen molar-refractivity contribution in [1.29, 1.82) is 0 Å². The predicted molar refractivity (Wildman–Crippen MR) is 140 cm³/mol. The van der Waals surface area contributed by atoms with E-state index in [2.05, 4.69) is 4.98 Å². The third-order valence-corrected chi connectivity index (χ3v) is 6.84. The molecular formula is C29H28F2N4O5. The number of pyridine rings is 1. The van der Waals surface area contributed by atoms with E-state index in [-0.39, 0.29) is 50.8 Å². The molecule has 3 heterocycles. The summed E-state index contributed by atoms with van der Waals surface area (Å²) < 4.78 is 42.8. The average molecular weight is 551 g/mol. The predicted octanol–water partition coefficient (Wildman–Crippen LogP) is 2.72. The summed E-state index contributed by atoms with van der Waals surface area (Å²) in [6.07, 6.45) is -1.80. The number of benzene rings is 2. The molecule has 0 unspecified atom stereocenters. The molecular weight excluding hydrogens is 522 g/mol. The first kappa shape index (κ1) is 27.0. The lowest BCUT2D eigenvalue weighted by Gasteiger charge is -2.35. The van der Waals surface area contributed by atoms with Gasteiger partial charge in [-0.05, 0) is 17.2 Å². The number of piperazine rings is 1. The molecule has 1 aromatic heterocycles. The maximum atomic E-state index is 14.8. The van der Waals surface area contributed by atoms with Crippen molar-refractivity contribution in [3.8, 4) is 11.8 Å². The number of carbonyl (C=O) groups is 2. The summed E-state index contributed by atoms with van der Waals surface area (Å²) >= 11 is 0. The minimum atomic E-state index is -3.38. The number of hydrogen-bond donors (Lipinski definition) is 0. The number of piperidine rings is 1. The molecule has 2 saturated heterocycles. The molecule has 0 N–H and O–H groups in total. The van der Waals surface area contributed by atoms with Crippen molar-refractivity contribution in [2.24, 2.45) is 0 Å². The number of alkyl halides is 2. The number of likely N-dealkylation sites (tertiary alicyclic amines) is 1. The number of carboxylic acid groups (broad SMARTS) is 1. The number of amides is 2. The molecule has 208 valence electrons. The second kappa shape index (κ2) is 11.7. The summed E-state index contributed by atoms with van der Waals surface area (Å²) in [5.41, 5.74) is 2.05. The molecule has 2 aliphatic rings. The molecule has 3 aromatic rings. The molecule has 11 heteroatoms. The van der Waals surface area contributed by atoms with Crippen LogP contribution in [0.4, 0.5) is 19.3 Å². The fourth-order valence-corrected chi connectivity index (χ4v) is 4.80. The first-order chi connectivity index (χ1) is 19.3. The average Bonchev–Trinajstić information content (AvgIpc) is 2.95. The number of hydrogen-bond acceptors (Lipinski definition) is 6. The molecule has 0 spiro atoms. The summed E-state index contributed by atoms with van der Waals surface area (Å²) in [5.74, 6) is -3.28. The van der Waals surface area contributed by atoms with Gasteiger partial charge in [0.2, 0.25) is 24.0 Å². The summed E-state index contributed by atoms with van der Waals surface area (Å²) in [6.45, 7) is -0.594. The summed E-state index contributed by atoms with van der Waals surface area (Å²) in [6, 6.07) is 22.4. The highest BCUT2D eigenvalue weighted by molar-refractivity contribution is 5.97. The Kier molecular flexibility index (Phi) is 7.90. The van der Waals surface area contributed by atoms with Crippen LogP contribution in [0.2, 0.25) is 0 Å². The third kappa shape index (κ3) is 6.19. The van der Waals surface area contributed by atoms with Gasteiger partial charge < -0.3 is 24.3 Å². The molecule has 2 amide bonds. The van der Waals surface area contributed by atoms with Crippen molar-refractivity contribution in [1.82, 2.24) is 9.88 Å². The van der Waals surface area contributed by atoms with E-state index in [1.54, 1.807) is 12.1 Å². The molecule has 0 aliphatic carbocycles. The molecule has 0 radical (unpaired) electrons. The van der Waals surface area contributed by atoms with Crippen molar-refractivity contribution in [3.05, 3.63) is 83.9 Å². The van der Waals surface area contributed by atoms with Crippen LogP contribution in [0.25, 0.3) is 0 Å². The minimum absolute atomic E-state index is 0.104. The van der Waals surface area contributed by atoms with Gasteiger partial charge in [-0.1, -0.05) is 60.7 Å². The molecule has 0 bridgehead atoms. The smallest absolute Gasteiger partial charge is 0.342 e. The van der Waals surface area contributed by atoms with Gasteiger partial charge in [0.25, 0.3) is 5.91 Å². The Hall–Kier alpha value is -4.54. The molecule has 40 heavy (non-hydrogen) atoms. The van der Waals surface area contributed by atoms with E-state index in [9.17, 15) is 23.5 Å². The third-order valence-electron chi connectivity index (χ3n) is 6.84. The summed E-state index contributed by atoms with van der Waals surface area (Å²) in [4.78, 5) is 30.9. The van der Waals surface area contributed by atoms with Crippen molar-refractivity contribution < 1.29 is 37.5 Å². The minimum Gasteiger partial charge on any atom is -0.530 e. The van der Waals surface area contributed by atoms with Gasteiger partial charge in [0.15, 0.2) is 6.54 Å². The number of nitrogens with zero attached hydrogens (tertiary/aromatic N) is 4. The second-order valence-corrected chi connectivity index (χ2v) is 9.58. The summed E-state index contributed by atoms with van der Waals surface area (Å²) in [5, 5.41) is 11.1. The number of carbonyl (C=O) groups excluding carboxylic acids is 2. The number of halogens is 2. The lowest BCUT2D eigenvalue weighted by atomic mass is 10.0. The maximum absolute atomic E-state index is 14.8. The van der Waals surface area contributed by atoms with E-state index < -0.39 is 24.5 Å². The number of ether oxygens (including phenoxy) is 2. The fourth-order valence-electron chi connectivity index (χ4n) is 4.80. The van der Waals surface area contributed by atoms with Gasteiger partial charge in [-0.25, -0.2) is 4.58 Å². The first-order valence-corrected chi connectivity index (χ1v) is 12.9. The van der Waals surface area contributed by atoms with Crippen LogP contribution in [-0.2, 0) is 18.0 Å². The highest BCUT2D eigenvalue weighted by Gasteiger charge is 2.49. The van der Waals surface area contributed by atoms with Gasteiger partial charge in [0.05, 0.1) is 19.5 Å². The van der Waals surface area contributed by atoms with Crippen LogP contribution < -0.4 is 19.5 Å². The van der Waals surface area contributed by atoms with Gasteiger partial charge in [0, 0.05) is 12.6 Å². The fraction of sp³-hybridized carbons (Fsp3) is 0.310. The van der Waals surface area contributed by atoms with Crippen LogP contribution in [0.1, 0.15) is 17.5 Å². The molecule has 0 saturated carbocycles. The zero-order chi connectivity index (χ0) is 28.1. The van der Waals surface area contributed by atoms with E-state index in [4.69, 9.17) is 9.47 Å². The van der Waals surface area contributed by atoms with Gasteiger partial charge in [-0.15, -0.1) is 0 Å². The van der Waals surface area contributed by atoms with Crippen molar-refractivity contribution >= 4 is 23.4 Å². The van der Waals surface area contributed by atoms with Crippen LogP contribution in [0.15, 0.2) is 72.8 Å². The van der Waals surface area contributed by atoms with Crippen molar-refractivity contribution in [2.45, 2.75) is 25.6 Å². The van der Waals surface area contributed by atoms with E-state index in [1.807, 2.05) is 60.7 Å². The van der Waals surface area contributed by atoms with Gasteiger partial charge in [-0.2, -0.15) is 13.8 Å². The van der Waals surface area contributed by atoms with Crippen LogP contribution in [0.5, 0.6) is 11.8 Å². The largest absolute Gasteiger partial charge is 0.530 e. The first-order valence-electron chi connectivity index (χ1n) is 12.9. The number of rotatable bonds is 7. The maximum Gasteiger partial charge on any atom is 0.342 e. The lowest BCUT2D eigenvalue weighted by molar-refractivity contribution is -0.525. The zero-order valence-corrected chi connectivity index (χ0v) is 21.7. The number of aromatic nitrogens is 1. The highest BCUT2D eigenvalue weighted by atomic mass is 19.3. The second-order valence-electron chi connectivity index (χ2n) is 9.58. The molecule has 2 fully saturated rings. The Morgan fingerprint density at radius 1 is 0.950 bits per heavy atom. The van der Waals surface area contributed by atoms with E-state index >= 15 is 0 Å². The van der Waals surface area contributed by atoms with Gasteiger partial charge in [-0.3, -0.25) is 9.69 Å². The molecule has 0 atom stereocenters. The Morgan fingerprint density at radius 2 is 1.60 bits per heavy atom. The Balaban J connectivity index is 1.36. The van der Waals surface area contributed by atoms with Crippen molar-refractivity contribution in [2.75, 3.05) is 37.6 Å². The lowest BCUT2D eigenvalue weighted by Crippen LogP contribution is -2.59.